The van der Waals surface area contributed by atoms with Crippen LogP contribution in [0.15, 0.2) is 36.7 Å². The molecule has 6 heteroatoms. The summed E-state index contributed by atoms with van der Waals surface area (Å²) < 4.78 is 35.8. The summed E-state index contributed by atoms with van der Waals surface area (Å²) >= 11 is 0. The highest BCUT2D eigenvalue weighted by molar-refractivity contribution is 5.08. The zero-order valence-corrected chi connectivity index (χ0v) is 9.15. The van der Waals surface area contributed by atoms with Crippen molar-refractivity contribution in [2.45, 2.75) is 6.42 Å². The number of halogens is 3. The smallest absolute Gasteiger partial charge is 0.212 e. The molecule has 2 rings (SSSR count). The first-order valence-corrected chi connectivity index (χ1v) is 4.86. The maximum Gasteiger partial charge on any atom is 0.212 e. The van der Waals surface area contributed by atoms with Crippen LogP contribution in [0.3, 0.4) is 0 Å². The lowest BCUT2D eigenvalue weighted by Crippen LogP contribution is -1.86. The third kappa shape index (κ3) is 5.07. The number of nitrogens with zero attached hydrogens (tertiary/aromatic N) is 3. The van der Waals surface area contributed by atoms with Gasteiger partial charge >= 0.3 is 0 Å². The van der Waals surface area contributed by atoms with Crippen molar-refractivity contribution in [1.82, 2.24) is 9.97 Å². The first-order valence-electron chi connectivity index (χ1n) is 4.86. The lowest BCUT2D eigenvalue weighted by Gasteiger charge is -1.90. The highest BCUT2D eigenvalue weighted by atomic mass is 19.1. The second kappa shape index (κ2) is 7.01. The largest absolute Gasteiger partial charge is 0.257 e. The van der Waals surface area contributed by atoms with Gasteiger partial charge in [0.15, 0.2) is 0 Å². The van der Waals surface area contributed by atoms with E-state index in [1.54, 1.807) is 0 Å². The van der Waals surface area contributed by atoms with Crippen LogP contribution in [0.25, 0.3) is 0 Å². The SMILES string of the molecule is Fc1ccc(F)nc1.N#CCc1ccc(F)cn1. The molecule has 18 heavy (non-hydrogen) atoms. The van der Waals surface area contributed by atoms with E-state index in [2.05, 4.69) is 9.97 Å². The number of hydrogen-bond acceptors (Lipinski definition) is 3. The fourth-order valence-electron chi connectivity index (χ4n) is 0.950. The zero-order valence-electron chi connectivity index (χ0n) is 9.15. The molecular weight excluding hydrogens is 243 g/mol. The molecule has 0 aliphatic carbocycles. The van der Waals surface area contributed by atoms with E-state index in [1.807, 2.05) is 6.07 Å². The summed E-state index contributed by atoms with van der Waals surface area (Å²) in [4.78, 5) is 6.71. The molecule has 3 nitrogen and oxygen atoms in total. The van der Waals surface area contributed by atoms with Crippen LogP contribution in [0.1, 0.15) is 5.69 Å². The number of aromatic nitrogens is 2. The second-order valence-corrected chi connectivity index (χ2v) is 3.10. The molecule has 0 radical (unpaired) electrons. The van der Waals surface area contributed by atoms with Gasteiger partial charge in [0.2, 0.25) is 5.95 Å². The molecule has 92 valence electrons. The van der Waals surface area contributed by atoms with Crippen LogP contribution in [0.4, 0.5) is 13.2 Å². The number of rotatable bonds is 1. The summed E-state index contributed by atoms with van der Waals surface area (Å²) in [6.07, 6.45) is 2.17. The predicted octanol–water partition coefficient (Wildman–Crippen LogP) is 2.65. The first kappa shape index (κ1) is 13.6. The van der Waals surface area contributed by atoms with Crippen molar-refractivity contribution >= 4 is 0 Å². The van der Waals surface area contributed by atoms with Crippen molar-refractivity contribution in [3.05, 3.63) is 59.9 Å². The van der Waals surface area contributed by atoms with Gasteiger partial charge in [-0.05, 0) is 24.3 Å². The van der Waals surface area contributed by atoms with Crippen LogP contribution in [0.5, 0.6) is 0 Å². The third-order valence-corrected chi connectivity index (χ3v) is 1.74. The number of pyridine rings is 2. The molecule has 0 saturated heterocycles. The Morgan fingerprint density at radius 2 is 1.56 bits per heavy atom. The van der Waals surface area contributed by atoms with E-state index in [-0.39, 0.29) is 12.2 Å². The summed E-state index contributed by atoms with van der Waals surface area (Å²) in [6, 6.07) is 6.69. The summed E-state index contributed by atoms with van der Waals surface area (Å²) in [5.74, 6) is -1.56. The summed E-state index contributed by atoms with van der Waals surface area (Å²) in [5, 5.41) is 8.21. The van der Waals surface area contributed by atoms with E-state index in [0.29, 0.717) is 5.69 Å². The molecule has 0 atom stereocenters. The fraction of sp³-hybridized carbons (Fsp3) is 0.0833. The molecule has 0 fully saturated rings. The average molecular weight is 251 g/mol. The lowest BCUT2D eigenvalue weighted by molar-refractivity contribution is 0.560. The summed E-state index contributed by atoms with van der Waals surface area (Å²) in [5.41, 5.74) is 0.601. The van der Waals surface area contributed by atoms with Crippen LogP contribution in [0, 0.1) is 28.9 Å². The first-order chi connectivity index (χ1) is 8.61. The van der Waals surface area contributed by atoms with Gasteiger partial charge in [0.1, 0.15) is 11.6 Å². The number of hydrogen-bond donors (Lipinski definition) is 0. The van der Waals surface area contributed by atoms with Gasteiger partial charge in [-0.3, -0.25) is 4.98 Å². The summed E-state index contributed by atoms with van der Waals surface area (Å²) in [7, 11) is 0. The molecule has 0 N–H and O–H groups in total. The highest BCUT2D eigenvalue weighted by Gasteiger charge is 1.92. The molecule has 0 aliphatic rings. The Morgan fingerprint density at radius 1 is 0.944 bits per heavy atom. The van der Waals surface area contributed by atoms with Crippen molar-refractivity contribution < 1.29 is 13.2 Å². The Labute approximate surface area is 102 Å². The van der Waals surface area contributed by atoms with E-state index in [1.165, 1.54) is 12.1 Å². The Kier molecular flexibility index (Phi) is 5.32. The molecule has 0 spiro atoms. The van der Waals surface area contributed by atoms with Crippen molar-refractivity contribution in [3.63, 3.8) is 0 Å². The Hall–Kier alpha value is -2.42. The van der Waals surface area contributed by atoms with Crippen molar-refractivity contribution in [1.29, 1.82) is 5.26 Å². The molecule has 0 amide bonds. The minimum Gasteiger partial charge on any atom is -0.257 e. The summed E-state index contributed by atoms with van der Waals surface area (Å²) in [6.45, 7) is 0. The van der Waals surface area contributed by atoms with Crippen LogP contribution < -0.4 is 0 Å². The minimum atomic E-state index is -0.661. The molecule has 2 aromatic heterocycles. The molecule has 2 aromatic rings. The fourth-order valence-corrected chi connectivity index (χ4v) is 0.950. The van der Waals surface area contributed by atoms with E-state index in [4.69, 9.17) is 5.26 Å². The lowest BCUT2D eigenvalue weighted by atomic mass is 10.3. The van der Waals surface area contributed by atoms with Gasteiger partial charge in [-0.2, -0.15) is 9.65 Å². The molecule has 0 aromatic carbocycles. The third-order valence-electron chi connectivity index (χ3n) is 1.74. The quantitative estimate of drug-likeness (QED) is 0.732. The maximum absolute atomic E-state index is 12.2. The molecule has 0 unspecified atom stereocenters. The Bertz CT molecular complexity index is 497. The molecular formula is C12H8F3N3. The topological polar surface area (TPSA) is 49.6 Å². The van der Waals surface area contributed by atoms with Crippen molar-refractivity contribution in [2.24, 2.45) is 0 Å². The van der Waals surface area contributed by atoms with Gasteiger partial charge in [0, 0.05) is 0 Å². The van der Waals surface area contributed by atoms with Crippen LogP contribution in [-0.2, 0) is 6.42 Å². The molecule has 0 saturated carbocycles. The monoisotopic (exact) mass is 251 g/mol. The van der Waals surface area contributed by atoms with Crippen molar-refractivity contribution in [3.8, 4) is 6.07 Å². The van der Waals surface area contributed by atoms with Crippen LogP contribution in [0.2, 0.25) is 0 Å². The van der Waals surface area contributed by atoms with Gasteiger partial charge in [-0.15, -0.1) is 0 Å². The van der Waals surface area contributed by atoms with Crippen LogP contribution in [-0.4, -0.2) is 9.97 Å². The number of nitriles is 1. The standard InChI is InChI=1S/C7H5FN2.C5H3F2N/c8-6-1-2-7(3-4-9)10-5-6;6-4-1-2-5(7)8-3-4/h1-2,5H,3H2;1-3H. The van der Waals surface area contributed by atoms with Gasteiger partial charge in [0.05, 0.1) is 30.6 Å². The minimum absolute atomic E-state index is 0.236. The maximum atomic E-state index is 12.2. The predicted molar refractivity (Wildman–Crippen MR) is 57.7 cm³/mol. The Balaban J connectivity index is 0.000000184. The normalized spacial score (nSPS) is 9.00. The van der Waals surface area contributed by atoms with E-state index in [0.717, 1.165) is 24.5 Å². The second-order valence-electron chi connectivity index (χ2n) is 3.10. The van der Waals surface area contributed by atoms with E-state index in [9.17, 15) is 13.2 Å². The van der Waals surface area contributed by atoms with E-state index < -0.39 is 11.8 Å². The highest BCUT2D eigenvalue weighted by Crippen LogP contribution is 1.97. The Morgan fingerprint density at radius 3 is 1.94 bits per heavy atom. The van der Waals surface area contributed by atoms with E-state index >= 15 is 0 Å². The average Bonchev–Trinajstić information content (AvgIpc) is 2.37. The van der Waals surface area contributed by atoms with Gasteiger partial charge in [0.25, 0.3) is 0 Å². The zero-order chi connectivity index (χ0) is 13.4. The van der Waals surface area contributed by atoms with Crippen molar-refractivity contribution in [2.75, 3.05) is 0 Å². The van der Waals surface area contributed by atoms with Gasteiger partial charge < -0.3 is 0 Å². The molecule has 0 aliphatic heterocycles. The van der Waals surface area contributed by atoms with Gasteiger partial charge in [-0.25, -0.2) is 13.8 Å². The molecule has 0 bridgehead atoms. The van der Waals surface area contributed by atoms with Crippen LogP contribution >= 0.6 is 0 Å². The molecule has 2 heterocycles. The van der Waals surface area contributed by atoms with Gasteiger partial charge in [-0.1, -0.05) is 0 Å².